The highest BCUT2D eigenvalue weighted by molar-refractivity contribution is 5.95. The van der Waals surface area contributed by atoms with E-state index >= 15 is 0 Å². The molecule has 0 aliphatic carbocycles. The smallest absolute Gasteiger partial charge is 0.387 e. The van der Waals surface area contributed by atoms with Crippen LogP contribution in [0.3, 0.4) is 0 Å². The minimum atomic E-state index is -3.00. The first-order chi connectivity index (χ1) is 7.52. The molecule has 1 aromatic carbocycles. The van der Waals surface area contributed by atoms with Crippen LogP contribution in [-0.4, -0.2) is 24.2 Å². The van der Waals surface area contributed by atoms with Crippen molar-refractivity contribution in [3.05, 3.63) is 23.8 Å². The molecule has 0 aliphatic heterocycles. The Morgan fingerprint density at radius 3 is 2.75 bits per heavy atom. The monoisotopic (exact) mass is 231 g/mol. The Balaban J connectivity index is 2.93. The lowest BCUT2D eigenvalue weighted by atomic mass is 10.2. The SMILES string of the molecule is CCNC(=O)c1cc(O)cc(OC(F)F)c1. The molecule has 0 saturated carbocycles. The van der Waals surface area contributed by atoms with Crippen LogP contribution in [0.25, 0.3) is 0 Å². The van der Waals surface area contributed by atoms with Gasteiger partial charge in [0.25, 0.3) is 5.91 Å². The number of halogens is 2. The zero-order valence-electron chi connectivity index (χ0n) is 8.54. The molecule has 2 N–H and O–H groups in total. The van der Waals surface area contributed by atoms with Gasteiger partial charge in [0.2, 0.25) is 0 Å². The number of rotatable bonds is 4. The molecule has 0 radical (unpaired) electrons. The van der Waals surface area contributed by atoms with Crippen molar-refractivity contribution in [1.82, 2.24) is 5.32 Å². The molecular formula is C10H11F2NO3. The molecule has 1 aromatic rings. The second-order valence-corrected chi connectivity index (χ2v) is 2.95. The quantitative estimate of drug-likeness (QED) is 0.829. The lowest BCUT2D eigenvalue weighted by Gasteiger charge is -2.07. The molecule has 88 valence electrons. The fourth-order valence-corrected chi connectivity index (χ4v) is 1.15. The summed E-state index contributed by atoms with van der Waals surface area (Å²) in [5, 5.41) is 11.7. The van der Waals surface area contributed by atoms with E-state index in [9.17, 15) is 18.7 Å². The van der Waals surface area contributed by atoms with Gasteiger partial charge in [-0.1, -0.05) is 0 Å². The fourth-order valence-electron chi connectivity index (χ4n) is 1.15. The van der Waals surface area contributed by atoms with E-state index in [4.69, 9.17) is 0 Å². The summed E-state index contributed by atoms with van der Waals surface area (Å²) in [5.74, 6) is -1.02. The number of hydrogen-bond acceptors (Lipinski definition) is 3. The molecule has 0 heterocycles. The van der Waals surface area contributed by atoms with Crippen molar-refractivity contribution >= 4 is 5.91 Å². The zero-order valence-corrected chi connectivity index (χ0v) is 8.54. The van der Waals surface area contributed by atoms with E-state index in [1.54, 1.807) is 6.92 Å². The van der Waals surface area contributed by atoms with Gasteiger partial charge in [-0.3, -0.25) is 4.79 Å². The molecule has 1 amide bonds. The molecule has 0 fully saturated rings. The standard InChI is InChI=1S/C10H11F2NO3/c1-2-13-9(15)6-3-7(14)5-8(4-6)16-10(11)12/h3-5,10,14H,2H2,1H3,(H,13,15). The second kappa shape index (κ2) is 5.29. The normalized spacial score (nSPS) is 10.2. The molecule has 0 bridgehead atoms. The van der Waals surface area contributed by atoms with Crippen molar-refractivity contribution in [2.75, 3.05) is 6.54 Å². The molecule has 0 atom stereocenters. The number of alkyl halides is 2. The fraction of sp³-hybridized carbons (Fsp3) is 0.300. The first kappa shape index (κ1) is 12.2. The van der Waals surface area contributed by atoms with Crippen LogP contribution >= 0.6 is 0 Å². The number of amides is 1. The molecule has 0 unspecified atom stereocenters. The Bertz CT molecular complexity index is 382. The highest BCUT2D eigenvalue weighted by atomic mass is 19.3. The Kier molecular flexibility index (Phi) is 4.04. The van der Waals surface area contributed by atoms with Crippen molar-refractivity contribution < 1.29 is 23.4 Å². The van der Waals surface area contributed by atoms with E-state index < -0.39 is 12.5 Å². The van der Waals surface area contributed by atoms with Crippen LogP contribution in [0.15, 0.2) is 18.2 Å². The van der Waals surface area contributed by atoms with Gasteiger partial charge in [0, 0.05) is 18.2 Å². The number of phenolic OH excluding ortho intramolecular Hbond substituents is 1. The topological polar surface area (TPSA) is 58.6 Å². The van der Waals surface area contributed by atoms with E-state index in [0.29, 0.717) is 6.54 Å². The van der Waals surface area contributed by atoms with E-state index in [-0.39, 0.29) is 17.1 Å². The summed E-state index contributed by atoms with van der Waals surface area (Å²) in [7, 11) is 0. The predicted octanol–water partition coefficient (Wildman–Crippen LogP) is 1.74. The average Bonchev–Trinajstić information content (AvgIpc) is 2.15. The molecule has 4 nitrogen and oxygen atoms in total. The van der Waals surface area contributed by atoms with Crippen molar-refractivity contribution in [3.8, 4) is 11.5 Å². The highest BCUT2D eigenvalue weighted by Gasteiger charge is 2.11. The number of phenols is 1. The van der Waals surface area contributed by atoms with E-state index in [0.717, 1.165) is 12.1 Å². The van der Waals surface area contributed by atoms with Gasteiger partial charge < -0.3 is 15.2 Å². The summed E-state index contributed by atoms with van der Waals surface area (Å²) in [5.41, 5.74) is 0.0671. The van der Waals surface area contributed by atoms with Gasteiger partial charge in [-0.05, 0) is 19.1 Å². The lowest BCUT2D eigenvalue weighted by molar-refractivity contribution is -0.0499. The maximum Gasteiger partial charge on any atom is 0.387 e. The summed E-state index contributed by atoms with van der Waals surface area (Å²) in [4.78, 5) is 11.4. The van der Waals surface area contributed by atoms with Crippen LogP contribution < -0.4 is 10.1 Å². The Hall–Kier alpha value is -1.85. The van der Waals surface area contributed by atoms with Crippen LogP contribution in [0.5, 0.6) is 11.5 Å². The highest BCUT2D eigenvalue weighted by Crippen LogP contribution is 2.23. The number of hydrogen-bond donors (Lipinski definition) is 2. The van der Waals surface area contributed by atoms with Crippen LogP contribution in [-0.2, 0) is 0 Å². The summed E-state index contributed by atoms with van der Waals surface area (Å²) in [6.07, 6.45) is 0. The third kappa shape index (κ3) is 3.38. The lowest BCUT2D eigenvalue weighted by Crippen LogP contribution is -2.22. The van der Waals surface area contributed by atoms with Crippen LogP contribution in [0, 0.1) is 0 Å². The number of carbonyl (C=O) groups is 1. The number of carbonyl (C=O) groups excluding carboxylic acids is 1. The third-order valence-electron chi connectivity index (χ3n) is 1.72. The van der Waals surface area contributed by atoms with E-state index in [2.05, 4.69) is 10.1 Å². The number of benzene rings is 1. The van der Waals surface area contributed by atoms with Crippen LogP contribution in [0.1, 0.15) is 17.3 Å². The Labute approximate surface area is 90.8 Å². The number of nitrogens with one attached hydrogen (secondary N) is 1. The van der Waals surface area contributed by atoms with Gasteiger partial charge in [-0.25, -0.2) is 0 Å². The van der Waals surface area contributed by atoms with Crippen LogP contribution in [0.4, 0.5) is 8.78 Å². The summed E-state index contributed by atoms with van der Waals surface area (Å²) >= 11 is 0. The van der Waals surface area contributed by atoms with Crippen molar-refractivity contribution in [1.29, 1.82) is 0 Å². The molecule has 0 spiro atoms. The van der Waals surface area contributed by atoms with Gasteiger partial charge >= 0.3 is 6.61 Å². The van der Waals surface area contributed by atoms with E-state index in [1.165, 1.54) is 6.07 Å². The average molecular weight is 231 g/mol. The number of ether oxygens (including phenoxy) is 1. The van der Waals surface area contributed by atoms with Gasteiger partial charge in [0.1, 0.15) is 11.5 Å². The third-order valence-corrected chi connectivity index (χ3v) is 1.72. The van der Waals surface area contributed by atoms with Gasteiger partial charge in [0.05, 0.1) is 0 Å². The van der Waals surface area contributed by atoms with Gasteiger partial charge in [-0.2, -0.15) is 8.78 Å². The summed E-state index contributed by atoms with van der Waals surface area (Å²) in [6.45, 7) is -0.875. The largest absolute Gasteiger partial charge is 0.508 e. The van der Waals surface area contributed by atoms with Gasteiger partial charge in [0.15, 0.2) is 0 Å². The molecular weight excluding hydrogens is 220 g/mol. The van der Waals surface area contributed by atoms with Crippen molar-refractivity contribution in [2.45, 2.75) is 13.5 Å². The first-order valence-corrected chi connectivity index (χ1v) is 4.60. The van der Waals surface area contributed by atoms with Crippen molar-refractivity contribution in [3.63, 3.8) is 0 Å². The summed E-state index contributed by atoms with van der Waals surface area (Å²) < 4.78 is 27.9. The molecule has 6 heteroatoms. The zero-order chi connectivity index (χ0) is 12.1. The summed E-state index contributed by atoms with van der Waals surface area (Å²) in [6, 6.07) is 3.31. The molecule has 0 saturated heterocycles. The van der Waals surface area contributed by atoms with Gasteiger partial charge in [-0.15, -0.1) is 0 Å². The first-order valence-electron chi connectivity index (χ1n) is 4.60. The minimum Gasteiger partial charge on any atom is -0.508 e. The molecule has 1 rings (SSSR count). The predicted molar refractivity (Wildman–Crippen MR) is 52.7 cm³/mol. The second-order valence-electron chi connectivity index (χ2n) is 2.95. The maximum atomic E-state index is 11.9. The number of aromatic hydroxyl groups is 1. The van der Waals surface area contributed by atoms with Crippen molar-refractivity contribution in [2.24, 2.45) is 0 Å². The van der Waals surface area contributed by atoms with Crippen LogP contribution in [0.2, 0.25) is 0 Å². The Morgan fingerprint density at radius 1 is 1.50 bits per heavy atom. The van der Waals surface area contributed by atoms with E-state index in [1.807, 2.05) is 0 Å². The minimum absolute atomic E-state index is 0.0671. The maximum absolute atomic E-state index is 11.9. The molecule has 16 heavy (non-hydrogen) atoms. The molecule has 0 aliphatic rings. The Morgan fingerprint density at radius 2 is 2.19 bits per heavy atom. The molecule has 0 aromatic heterocycles.